The Bertz CT molecular complexity index is 181. The Balaban J connectivity index is 2.36. The minimum Gasteiger partial charge on any atom is -0.468 e. The molecule has 1 aromatic rings. The Labute approximate surface area is 67.6 Å². The highest BCUT2D eigenvalue weighted by atomic mass is 16.3. The lowest BCUT2D eigenvalue weighted by Crippen LogP contribution is -2.18. The number of hydrogen-bond acceptors (Lipinski definition) is 2. The molecule has 0 radical (unpaired) electrons. The van der Waals surface area contributed by atoms with Crippen molar-refractivity contribution in [1.29, 1.82) is 0 Å². The first kappa shape index (κ1) is 8.34. The van der Waals surface area contributed by atoms with Gasteiger partial charge in [-0.3, -0.25) is 0 Å². The van der Waals surface area contributed by atoms with Crippen molar-refractivity contribution in [1.82, 2.24) is 5.32 Å². The third kappa shape index (κ3) is 2.39. The summed E-state index contributed by atoms with van der Waals surface area (Å²) in [6.45, 7) is 5.30. The standard InChI is InChI=1S/C9H15NO/c1-3-6-10-8(2)9-5-4-7-11-9/h4-5,7-8,10H,3,6H2,1-2H3. The van der Waals surface area contributed by atoms with Crippen molar-refractivity contribution in [2.45, 2.75) is 26.3 Å². The van der Waals surface area contributed by atoms with Gasteiger partial charge in [-0.15, -0.1) is 0 Å². The normalized spacial score (nSPS) is 13.3. The van der Waals surface area contributed by atoms with Gasteiger partial charge < -0.3 is 9.73 Å². The summed E-state index contributed by atoms with van der Waals surface area (Å²) in [6, 6.07) is 4.25. The average Bonchev–Trinajstić information content (AvgIpc) is 2.52. The van der Waals surface area contributed by atoms with Crippen LogP contribution in [0.25, 0.3) is 0 Å². The number of rotatable bonds is 4. The summed E-state index contributed by atoms with van der Waals surface area (Å²) in [7, 11) is 0. The molecule has 0 amide bonds. The Hall–Kier alpha value is -0.760. The number of nitrogens with one attached hydrogen (secondary N) is 1. The lowest BCUT2D eigenvalue weighted by molar-refractivity contribution is 0.431. The van der Waals surface area contributed by atoms with Gasteiger partial charge in [0.15, 0.2) is 0 Å². The highest BCUT2D eigenvalue weighted by Crippen LogP contribution is 2.11. The Kier molecular flexibility index (Phi) is 3.17. The topological polar surface area (TPSA) is 25.2 Å². The monoisotopic (exact) mass is 153 g/mol. The molecule has 0 aromatic carbocycles. The maximum Gasteiger partial charge on any atom is 0.120 e. The van der Waals surface area contributed by atoms with E-state index < -0.39 is 0 Å². The molecule has 2 nitrogen and oxygen atoms in total. The molecule has 2 heteroatoms. The first-order valence-electron chi connectivity index (χ1n) is 4.11. The molecule has 1 rings (SSSR count). The second-order valence-electron chi connectivity index (χ2n) is 2.69. The van der Waals surface area contributed by atoms with E-state index in [1.165, 1.54) is 0 Å². The van der Waals surface area contributed by atoms with Crippen LogP contribution >= 0.6 is 0 Å². The zero-order chi connectivity index (χ0) is 8.10. The van der Waals surface area contributed by atoms with Crippen LogP contribution in [0, 0.1) is 0 Å². The Morgan fingerprint density at radius 1 is 1.64 bits per heavy atom. The minimum atomic E-state index is 0.338. The summed E-state index contributed by atoms with van der Waals surface area (Å²) >= 11 is 0. The molecule has 1 heterocycles. The Morgan fingerprint density at radius 3 is 3.00 bits per heavy atom. The second-order valence-corrected chi connectivity index (χ2v) is 2.69. The van der Waals surface area contributed by atoms with Gasteiger partial charge in [-0.25, -0.2) is 0 Å². The van der Waals surface area contributed by atoms with Crippen molar-refractivity contribution >= 4 is 0 Å². The molecule has 0 aliphatic rings. The zero-order valence-corrected chi connectivity index (χ0v) is 7.13. The van der Waals surface area contributed by atoms with Crippen molar-refractivity contribution in [3.63, 3.8) is 0 Å². The lowest BCUT2D eigenvalue weighted by atomic mass is 10.2. The van der Waals surface area contributed by atoms with Crippen molar-refractivity contribution in [3.05, 3.63) is 24.2 Å². The fraction of sp³-hybridized carbons (Fsp3) is 0.556. The molecular weight excluding hydrogens is 138 g/mol. The van der Waals surface area contributed by atoms with Crippen LogP contribution in [0.1, 0.15) is 32.1 Å². The summed E-state index contributed by atoms with van der Waals surface area (Å²) in [5, 5.41) is 3.34. The van der Waals surface area contributed by atoms with Gasteiger partial charge in [0.25, 0.3) is 0 Å². The maximum absolute atomic E-state index is 5.23. The van der Waals surface area contributed by atoms with Gasteiger partial charge in [-0.05, 0) is 32.0 Å². The predicted molar refractivity (Wildman–Crippen MR) is 45.4 cm³/mol. The fourth-order valence-electron chi connectivity index (χ4n) is 0.999. The van der Waals surface area contributed by atoms with Crippen LogP contribution in [-0.2, 0) is 0 Å². The van der Waals surface area contributed by atoms with E-state index in [-0.39, 0.29) is 0 Å². The lowest BCUT2D eigenvalue weighted by Gasteiger charge is -2.08. The molecule has 1 atom stereocenters. The molecule has 0 fully saturated rings. The van der Waals surface area contributed by atoms with Crippen molar-refractivity contribution in [2.24, 2.45) is 0 Å². The third-order valence-electron chi connectivity index (χ3n) is 1.67. The third-order valence-corrected chi connectivity index (χ3v) is 1.67. The van der Waals surface area contributed by atoms with Gasteiger partial charge in [0.2, 0.25) is 0 Å². The first-order valence-corrected chi connectivity index (χ1v) is 4.11. The van der Waals surface area contributed by atoms with E-state index in [0.717, 1.165) is 18.7 Å². The smallest absolute Gasteiger partial charge is 0.120 e. The molecule has 1 unspecified atom stereocenters. The summed E-state index contributed by atoms with van der Waals surface area (Å²) < 4.78 is 5.23. The van der Waals surface area contributed by atoms with Crippen molar-refractivity contribution in [3.8, 4) is 0 Å². The van der Waals surface area contributed by atoms with Gasteiger partial charge in [-0.1, -0.05) is 6.92 Å². The van der Waals surface area contributed by atoms with Crippen molar-refractivity contribution < 1.29 is 4.42 Å². The quantitative estimate of drug-likeness (QED) is 0.718. The van der Waals surface area contributed by atoms with Crippen LogP contribution in [0.3, 0.4) is 0 Å². The summed E-state index contributed by atoms with van der Waals surface area (Å²) in [5.41, 5.74) is 0. The maximum atomic E-state index is 5.23. The summed E-state index contributed by atoms with van der Waals surface area (Å²) in [6.07, 6.45) is 2.87. The van der Waals surface area contributed by atoms with Crippen LogP contribution < -0.4 is 5.32 Å². The SMILES string of the molecule is CCCNC(C)c1ccco1. The van der Waals surface area contributed by atoms with Crippen LogP contribution in [0.15, 0.2) is 22.8 Å². The van der Waals surface area contributed by atoms with Gasteiger partial charge in [-0.2, -0.15) is 0 Å². The van der Waals surface area contributed by atoms with Crippen LogP contribution in [0.4, 0.5) is 0 Å². The molecule has 0 spiro atoms. The van der Waals surface area contributed by atoms with E-state index in [4.69, 9.17) is 4.42 Å². The Morgan fingerprint density at radius 2 is 2.45 bits per heavy atom. The van der Waals surface area contributed by atoms with Gasteiger partial charge in [0.1, 0.15) is 5.76 Å². The first-order chi connectivity index (χ1) is 5.34. The molecule has 62 valence electrons. The van der Waals surface area contributed by atoms with E-state index in [1.807, 2.05) is 12.1 Å². The van der Waals surface area contributed by atoms with E-state index in [1.54, 1.807) is 6.26 Å². The van der Waals surface area contributed by atoms with E-state index in [9.17, 15) is 0 Å². The second kappa shape index (κ2) is 4.19. The highest BCUT2D eigenvalue weighted by Gasteiger charge is 2.04. The zero-order valence-electron chi connectivity index (χ0n) is 7.13. The molecule has 1 aromatic heterocycles. The molecular formula is C9H15NO. The molecule has 0 saturated heterocycles. The summed E-state index contributed by atoms with van der Waals surface area (Å²) in [4.78, 5) is 0. The molecule has 0 saturated carbocycles. The molecule has 11 heavy (non-hydrogen) atoms. The molecule has 0 aliphatic heterocycles. The summed E-state index contributed by atoms with van der Waals surface area (Å²) in [5.74, 6) is 1.01. The van der Waals surface area contributed by atoms with Crippen LogP contribution in [0.5, 0.6) is 0 Å². The van der Waals surface area contributed by atoms with E-state index in [0.29, 0.717) is 6.04 Å². The van der Waals surface area contributed by atoms with Gasteiger partial charge >= 0.3 is 0 Å². The number of furan rings is 1. The molecule has 1 N–H and O–H groups in total. The van der Waals surface area contributed by atoms with Gasteiger partial charge in [0, 0.05) is 0 Å². The van der Waals surface area contributed by atoms with Crippen LogP contribution in [0.2, 0.25) is 0 Å². The molecule has 0 bridgehead atoms. The predicted octanol–water partition coefficient (Wildman–Crippen LogP) is 2.34. The van der Waals surface area contributed by atoms with Crippen molar-refractivity contribution in [2.75, 3.05) is 6.54 Å². The van der Waals surface area contributed by atoms with E-state index >= 15 is 0 Å². The van der Waals surface area contributed by atoms with E-state index in [2.05, 4.69) is 19.2 Å². The largest absolute Gasteiger partial charge is 0.468 e. The minimum absolute atomic E-state index is 0.338. The molecule has 0 aliphatic carbocycles. The van der Waals surface area contributed by atoms with Crippen LogP contribution in [-0.4, -0.2) is 6.54 Å². The number of hydrogen-bond donors (Lipinski definition) is 1. The van der Waals surface area contributed by atoms with Gasteiger partial charge in [0.05, 0.1) is 12.3 Å². The fourth-order valence-corrected chi connectivity index (χ4v) is 0.999. The highest BCUT2D eigenvalue weighted by molar-refractivity contribution is 5.02. The average molecular weight is 153 g/mol.